The summed E-state index contributed by atoms with van der Waals surface area (Å²) in [6.45, 7) is 3.28. The maximum atomic E-state index is 13.2. The van der Waals surface area contributed by atoms with E-state index in [2.05, 4.69) is 0 Å². The van der Waals surface area contributed by atoms with Crippen molar-refractivity contribution in [2.24, 2.45) is 0 Å². The summed E-state index contributed by atoms with van der Waals surface area (Å²) in [5.41, 5.74) is 0.477. The number of carbonyl (C=O) groups excluding carboxylic acids is 1. The van der Waals surface area contributed by atoms with E-state index < -0.39 is 10.0 Å². The largest absolute Gasteiger partial charge is 0.379 e. The van der Waals surface area contributed by atoms with Gasteiger partial charge in [-0.3, -0.25) is 4.79 Å². The lowest BCUT2D eigenvalue weighted by Crippen LogP contribution is -2.40. The summed E-state index contributed by atoms with van der Waals surface area (Å²) >= 11 is 1.61. The number of amides is 1. The van der Waals surface area contributed by atoms with Gasteiger partial charge >= 0.3 is 0 Å². The normalized spacial score (nSPS) is 20.3. The van der Waals surface area contributed by atoms with Gasteiger partial charge < -0.3 is 14.4 Å². The van der Waals surface area contributed by atoms with Gasteiger partial charge in [0, 0.05) is 36.7 Å². The van der Waals surface area contributed by atoms with Gasteiger partial charge in [0.05, 0.1) is 30.8 Å². The molecule has 2 saturated heterocycles. The Hall–Kier alpha value is -1.78. The second-order valence-electron chi connectivity index (χ2n) is 7.44. The molecule has 30 heavy (non-hydrogen) atoms. The Labute approximate surface area is 181 Å². The fourth-order valence-corrected chi connectivity index (χ4v) is 5.86. The topological polar surface area (TPSA) is 76.2 Å². The standard InChI is InChI=1S/C21H26N2O5S2/c24-21(22(15-18-3-1-11-28-18)16-19-4-2-14-29-19)17-5-7-20(8-6-17)30(25,26)23-9-12-27-13-10-23/h2,4-8,14,18H,1,3,9-13,15-16H2. The van der Waals surface area contributed by atoms with Crippen molar-refractivity contribution in [3.63, 3.8) is 0 Å². The molecule has 1 atom stereocenters. The lowest BCUT2D eigenvalue weighted by atomic mass is 10.1. The van der Waals surface area contributed by atoms with E-state index in [9.17, 15) is 13.2 Å². The van der Waals surface area contributed by atoms with E-state index in [1.165, 1.54) is 16.4 Å². The smallest absolute Gasteiger partial charge is 0.254 e. The number of benzene rings is 1. The summed E-state index contributed by atoms with van der Waals surface area (Å²) < 4.78 is 38.0. The highest BCUT2D eigenvalue weighted by Crippen LogP contribution is 2.21. The van der Waals surface area contributed by atoms with Crippen molar-refractivity contribution in [3.05, 3.63) is 52.2 Å². The molecule has 2 aliphatic heterocycles. The first-order valence-electron chi connectivity index (χ1n) is 10.2. The van der Waals surface area contributed by atoms with E-state index in [0.29, 0.717) is 45.0 Å². The monoisotopic (exact) mass is 450 g/mol. The van der Waals surface area contributed by atoms with Crippen molar-refractivity contribution in [2.75, 3.05) is 39.5 Å². The van der Waals surface area contributed by atoms with Gasteiger partial charge in [-0.15, -0.1) is 11.3 Å². The number of hydrogen-bond donors (Lipinski definition) is 0. The van der Waals surface area contributed by atoms with E-state index in [4.69, 9.17) is 9.47 Å². The first-order valence-corrected chi connectivity index (χ1v) is 12.5. The lowest BCUT2D eigenvalue weighted by molar-refractivity contribution is 0.0509. The third-order valence-corrected chi connectivity index (χ3v) is 8.15. The Morgan fingerprint density at radius 3 is 2.53 bits per heavy atom. The highest BCUT2D eigenvalue weighted by molar-refractivity contribution is 7.89. The number of rotatable bonds is 7. The number of nitrogens with zero attached hydrogens (tertiary/aromatic N) is 2. The zero-order chi connectivity index (χ0) is 21.0. The molecule has 2 aromatic rings. The molecule has 7 nitrogen and oxygen atoms in total. The van der Waals surface area contributed by atoms with Crippen molar-refractivity contribution < 1.29 is 22.7 Å². The molecule has 0 bridgehead atoms. The lowest BCUT2D eigenvalue weighted by Gasteiger charge is -2.26. The Balaban J connectivity index is 1.50. The molecule has 1 amide bonds. The Bertz CT molecular complexity index is 932. The van der Waals surface area contributed by atoms with Gasteiger partial charge in [-0.2, -0.15) is 4.31 Å². The number of hydrogen-bond acceptors (Lipinski definition) is 6. The van der Waals surface area contributed by atoms with E-state index >= 15 is 0 Å². The zero-order valence-corrected chi connectivity index (χ0v) is 18.4. The first kappa shape index (κ1) is 21.5. The van der Waals surface area contributed by atoms with Crippen molar-refractivity contribution in [2.45, 2.75) is 30.4 Å². The van der Waals surface area contributed by atoms with Gasteiger partial charge in [-0.1, -0.05) is 6.07 Å². The van der Waals surface area contributed by atoms with Crippen LogP contribution in [-0.2, 0) is 26.0 Å². The van der Waals surface area contributed by atoms with Crippen LogP contribution in [0.15, 0.2) is 46.7 Å². The fourth-order valence-electron chi connectivity index (χ4n) is 3.73. The molecule has 0 saturated carbocycles. The van der Waals surface area contributed by atoms with Crippen LogP contribution in [-0.4, -0.2) is 69.1 Å². The van der Waals surface area contributed by atoms with Crippen LogP contribution in [0.25, 0.3) is 0 Å². The van der Waals surface area contributed by atoms with Gasteiger partial charge in [0.25, 0.3) is 5.91 Å². The predicted molar refractivity (Wildman–Crippen MR) is 114 cm³/mol. The molecular weight excluding hydrogens is 424 g/mol. The van der Waals surface area contributed by atoms with Gasteiger partial charge in [-0.25, -0.2) is 8.42 Å². The third kappa shape index (κ3) is 4.92. The van der Waals surface area contributed by atoms with Crippen LogP contribution < -0.4 is 0 Å². The van der Waals surface area contributed by atoms with E-state index in [1.807, 2.05) is 17.5 Å². The van der Waals surface area contributed by atoms with Crippen molar-refractivity contribution in [3.8, 4) is 0 Å². The summed E-state index contributed by atoms with van der Waals surface area (Å²) in [4.78, 5) is 16.3. The van der Waals surface area contributed by atoms with E-state index in [-0.39, 0.29) is 16.9 Å². The van der Waals surface area contributed by atoms with E-state index in [1.54, 1.807) is 28.4 Å². The minimum Gasteiger partial charge on any atom is -0.379 e. The summed E-state index contributed by atoms with van der Waals surface area (Å²) in [6, 6.07) is 10.2. The molecule has 0 spiro atoms. The maximum Gasteiger partial charge on any atom is 0.254 e. The highest BCUT2D eigenvalue weighted by Gasteiger charge is 2.27. The van der Waals surface area contributed by atoms with E-state index in [0.717, 1.165) is 24.3 Å². The van der Waals surface area contributed by atoms with Crippen LogP contribution in [0.5, 0.6) is 0 Å². The molecule has 0 N–H and O–H groups in total. The molecule has 162 valence electrons. The molecule has 1 aromatic heterocycles. The molecule has 2 fully saturated rings. The van der Waals surface area contributed by atoms with Crippen LogP contribution in [0.1, 0.15) is 28.1 Å². The zero-order valence-electron chi connectivity index (χ0n) is 16.7. The number of ether oxygens (including phenoxy) is 2. The van der Waals surface area contributed by atoms with Gasteiger partial charge in [-0.05, 0) is 48.6 Å². The Morgan fingerprint density at radius 2 is 1.90 bits per heavy atom. The molecule has 9 heteroatoms. The fraction of sp³-hybridized carbons (Fsp3) is 0.476. The predicted octanol–water partition coefficient (Wildman–Crippen LogP) is 2.59. The van der Waals surface area contributed by atoms with Gasteiger partial charge in [0.15, 0.2) is 0 Å². The van der Waals surface area contributed by atoms with Gasteiger partial charge in [0.2, 0.25) is 10.0 Å². The summed E-state index contributed by atoms with van der Waals surface area (Å²) in [5.74, 6) is -0.116. The first-order chi connectivity index (χ1) is 14.5. The number of morpholine rings is 1. The Kier molecular flexibility index (Phi) is 6.84. The molecule has 4 rings (SSSR count). The minimum atomic E-state index is -3.57. The van der Waals surface area contributed by atoms with Crippen LogP contribution >= 0.6 is 11.3 Å². The van der Waals surface area contributed by atoms with Gasteiger partial charge in [0.1, 0.15) is 0 Å². The number of carbonyl (C=O) groups is 1. The second kappa shape index (κ2) is 9.57. The average Bonchev–Trinajstić information content (AvgIpc) is 3.48. The Morgan fingerprint density at radius 1 is 1.13 bits per heavy atom. The summed E-state index contributed by atoms with van der Waals surface area (Å²) in [7, 11) is -3.57. The van der Waals surface area contributed by atoms with Crippen molar-refractivity contribution in [1.82, 2.24) is 9.21 Å². The third-order valence-electron chi connectivity index (χ3n) is 5.37. The average molecular weight is 451 g/mol. The summed E-state index contributed by atoms with van der Waals surface area (Å²) in [5, 5.41) is 2.00. The van der Waals surface area contributed by atoms with Crippen LogP contribution in [0.3, 0.4) is 0 Å². The molecule has 1 aromatic carbocycles. The minimum absolute atomic E-state index is 0.0508. The van der Waals surface area contributed by atoms with Crippen LogP contribution in [0.4, 0.5) is 0 Å². The SMILES string of the molecule is O=C(c1ccc(S(=O)(=O)N2CCOCC2)cc1)N(Cc1cccs1)CC1CCCO1. The molecule has 0 radical (unpaired) electrons. The molecular formula is C21H26N2O5S2. The number of sulfonamides is 1. The molecule has 0 aliphatic carbocycles. The quantitative estimate of drug-likeness (QED) is 0.648. The summed E-state index contributed by atoms with van der Waals surface area (Å²) in [6.07, 6.45) is 2.01. The highest BCUT2D eigenvalue weighted by atomic mass is 32.2. The molecule has 3 heterocycles. The maximum absolute atomic E-state index is 13.2. The second-order valence-corrected chi connectivity index (χ2v) is 10.4. The number of thiophene rings is 1. The van der Waals surface area contributed by atoms with Crippen LogP contribution in [0.2, 0.25) is 0 Å². The van der Waals surface area contributed by atoms with Crippen molar-refractivity contribution >= 4 is 27.3 Å². The molecule has 1 unspecified atom stereocenters. The molecule has 2 aliphatic rings. The van der Waals surface area contributed by atoms with Crippen LogP contribution in [0, 0.1) is 0 Å². The van der Waals surface area contributed by atoms with Crippen molar-refractivity contribution in [1.29, 1.82) is 0 Å².